The number of fused-ring (bicyclic) bond motifs is 1. The van der Waals surface area contributed by atoms with Gasteiger partial charge in [0.2, 0.25) is 0 Å². The summed E-state index contributed by atoms with van der Waals surface area (Å²) in [4.78, 5) is 4.26. The van der Waals surface area contributed by atoms with E-state index in [1.54, 1.807) is 10.4 Å². The van der Waals surface area contributed by atoms with Gasteiger partial charge in [-0.25, -0.2) is 0 Å². The molecule has 0 spiro atoms. The Morgan fingerprint density at radius 2 is 2.29 bits per heavy atom. The summed E-state index contributed by atoms with van der Waals surface area (Å²) in [5.41, 5.74) is 1.56. The van der Waals surface area contributed by atoms with E-state index in [-0.39, 0.29) is 0 Å². The van der Waals surface area contributed by atoms with Crippen molar-refractivity contribution in [2.75, 3.05) is 20.1 Å². The molecule has 1 aromatic rings. The first-order chi connectivity index (χ1) is 8.15. The van der Waals surface area contributed by atoms with Crippen LogP contribution in [0.15, 0.2) is 11.4 Å². The van der Waals surface area contributed by atoms with Crippen molar-refractivity contribution in [3.05, 3.63) is 21.9 Å². The van der Waals surface area contributed by atoms with E-state index >= 15 is 0 Å². The van der Waals surface area contributed by atoms with Gasteiger partial charge in [-0.3, -0.25) is 4.90 Å². The first kappa shape index (κ1) is 13.1. The van der Waals surface area contributed by atoms with Gasteiger partial charge >= 0.3 is 0 Å². The highest BCUT2D eigenvalue weighted by molar-refractivity contribution is 7.10. The minimum Gasteiger partial charge on any atom is -0.319 e. The minimum absolute atomic E-state index is 0.583. The zero-order chi connectivity index (χ0) is 12.4. The van der Waals surface area contributed by atoms with Crippen LogP contribution in [0.5, 0.6) is 0 Å². The number of hydrogen-bond donors (Lipinski definition) is 1. The molecule has 1 aliphatic rings. The normalized spacial score (nSPS) is 24.4. The van der Waals surface area contributed by atoms with E-state index in [2.05, 4.69) is 42.4 Å². The molecule has 2 nitrogen and oxygen atoms in total. The lowest BCUT2D eigenvalue weighted by Crippen LogP contribution is -2.45. The Balaban J connectivity index is 2.09. The Morgan fingerprint density at radius 3 is 3.00 bits per heavy atom. The number of hydrogen-bond acceptors (Lipinski definition) is 3. The minimum atomic E-state index is 0.583. The predicted octanol–water partition coefficient (Wildman–Crippen LogP) is 2.91. The second-order valence-electron chi connectivity index (χ2n) is 5.24. The summed E-state index contributed by atoms with van der Waals surface area (Å²) in [6.45, 7) is 9.38. The lowest BCUT2D eigenvalue weighted by molar-refractivity contribution is 0.108. The summed E-state index contributed by atoms with van der Waals surface area (Å²) in [6, 6.07) is 3.54. The zero-order valence-electron chi connectivity index (χ0n) is 11.4. The summed E-state index contributed by atoms with van der Waals surface area (Å²) in [5.74, 6) is 0.697. The van der Waals surface area contributed by atoms with Gasteiger partial charge in [0.05, 0.1) is 0 Å². The lowest BCUT2D eigenvalue weighted by atomic mass is 9.94. The second-order valence-corrected chi connectivity index (χ2v) is 6.24. The summed E-state index contributed by atoms with van der Waals surface area (Å²) in [6.07, 6.45) is 1.23. The molecular formula is C14H24N2S. The molecule has 0 aromatic carbocycles. The van der Waals surface area contributed by atoms with Crippen LogP contribution >= 0.6 is 11.3 Å². The first-order valence-corrected chi connectivity index (χ1v) is 7.49. The molecule has 2 heterocycles. The molecule has 0 saturated carbocycles. The maximum absolute atomic E-state index is 3.29. The molecule has 1 N–H and O–H groups in total. The van der Waals surface area contributed by atoms with E-state index in [4.69, 9.17) is 0 Å². The van der Waals surface area contributed by atoms with Gasteiger partial charge in [-0.2, -0.15) is 0 Å². The predicted molar refractivity (Wildman–Crippen MR) is 75.7 cm³/mol. The second kappa shape index (κ2) is 5.51. The van der Waals surface area contributed by atoms with Crippen molar-refractivity contribution in [2.24, 2.45) is 5.92 Å². The number of thiophene rings is 1. The van der Waals surface area contributed by atoms with Gasteiger partial charge in [-0.15, -0.1) is 11.3 Å². The molecule has 0 amide bonds. The topological polar surface area (TPSA) is 15.3 Å². The summed E-state index contributed by atoms with van der Waals surface area (Å²) >= 11 is 1.92. The van der Waals surface area contributed by atoms with Crippen LogP contribution in [-0.2, 0) is 6.42 Å². The van der Waals surface area contributed by atoms with Gasteiger partial charge < -0.3 is 5.32 Å². The third-order valence-corrected chi connectivity index (χ3v) is 5.19. The third kappa shape index (κ3) is 2.56. The Hall–Kier alpha value is -0.380. The molecule has 0 fully saturated rings. The zero-order valence-corrected chi connectivity index (χ0v) is 12.2. The monoisotopic (exact) mass is 252 g/mol. The van der Waals surface area contributed by atoms with Crippen LogP contribution in [0.4, 0.5) is 0 Å². The fraction of sp³-hybridized carbons (Fsp3) is 0.714. The van der Waals surface area contributed by atoms with E-state index in [1.165, 1.54) is 13.0 Å². The van der Waals surface area contributed by atoms with Crippen molar-refractivity contribution < 1.29 is 0 Å². The highest BCUT2D eigenvalue weighted by Crippen LogP contribution is 2.35. The fourth-order valence-electron chi connectivity index (χ4n) is 2.90. The van der Waals surface area contributed by atoms with Gasteiger partial charge in [0.15, 0.2) is 0 Å². The molecule has 3 unspecified atom stereocenters. The Morgan fingerprint density at radius 1 is 1.53 bits per heavy atom. The molecule has 0 saturated heterocycles. The average Bonchev–Trinajstić information content (AvgIpc) is 2.78. The Kier molecular flexibility index (Phi) is 4.23. The lowest BCUT2D eigenvalue weighted by Gasteiger charge is -2.40. The molecule has 0 radical (unpaired) electrons. The van der Waals surface area contributed by atoms with E-state index in [0.29, 0.717) is 18.0 Å². The smallest absolute Gasteiger partial charge is 0.0333 e. The molecule has 96 valence electrons. The maximum atomic E-state index is 3.29. The molecule has 17 heavy (non-hydrogen) atoms. The molecule has 1 aliphatic heterocycles. The summed E-state index contributed by atoms with van der Waals surface area (Å²) < 4.78 is 0. The number of rotatable bonds is 4. The van der Waals surface area contributed by atoms with Crippen LogP contribution in [0.2, 0.25) is 0 Å². The van der Waals surface area contributed by atoms with Crippen LogP contribution in [0.3, 0.4) is 0 Å². The number of nitrogens with zero attached hydrogens (tertiary/aromatic N) is 1. The van der Waals surface area contributed by atoms with Crippen LogP contribution in [0.1, 0.15) is 37.3 Å². The number of nitrogens with one attached hydrogen (secondary N) is 1. The summed E-state index contributed by atoms with van der Waals surface area (Å²) in [5, 5.41) is 5.53. The van der Waals surface area contributed by atoms with Gasteiger partial charge in [0, 0.05) is 23.5 Å². The van der Waals surface area contributed by atoms with E-state index < -0.39 is 0 Å². The maximum Gasteiger partial charge on any atom is 0.0333 e. The van der Waals surface area contributed by atoms with Crippen molar-refractivity contribution in [3.8, 4) is 0 Å². The average molecular weight is 252 g/mol. The molecule has 1 aromatic heterocycles. The van der Waals surface area contributed by atoms with Gasteiger partial charge in [0.1, 0.15) is 0 Å². The molecule has 0 aliphatic carbocycles. The van der Waals surface area contributed by atoms with Gasteiger partial charge in [-0.05, 0) is 56.8 Å². The molecule has 0 bridgehead atoms. The third-order valence-electron chi connectivity index (χ3n) is 4.20. The van der Waals surface area contributed by atoms with E-state index in [1.807, 2.05) is 18.4 Å². The van der Waals surface area contributed by atoms with Crippen molar-refractivity contribution in [1.82, 2.24) is 10.2 Å². The van der Waals surface area contributed by atoms with Crippen LogP contribution in [0.25, 0.3) is 0 Å². The molecule has 2 rings (SSSR count). The quantitative estimate of drug-likeness (QED) is 0.886. The Labute approximate surface area is 109 Å². The van der Waals surface area contributed by atoms with Crippen LogP contribution in [-0.4, -0.2) is 31.1 Å². The van der Waals surface area contributed by atoms with Crippen molar-refractivity contribution in [3.63, 3.8) is 0 Å². The fourth-order valence-corrected chi connectivity index (χ4v) is 3.87. The van der Waals surface area contributed by atoms with E-state index in [0.717, 1.165) is 6.54 Å². The van der Waals surface area contributed by atoms with Crippen LogP contribution < -0.4 is 5.32 Å². The molecule has 3 atom stereocenters. The SMILES string of the molecule is CNCC(C)C(C)N1CCc2sccc2C1C. The van der Waals surface area contributed by atoms with Crippen molar-refractivity contribution in [1.29, 1.82) is 0 Å². The standard InChI is InChI=1S/C14H24N2S/c1-10(9-15-4)11(2)16-7-5-14-13(12(16)3)6-8-17-14/h6,8,10-12,15H,5,7,9H2,1-4H3. The summed E-state index contributed by atoms with van der Waals surface area (Å²) in [7, 11) is 2.04. The largest absolute Gasteiger partial charge is 0.319 e. The van der Waals surface area contributed by atoms with Crippen molar-refractivity contribution >= 4 is 11.3 Å². The highest BCUT2D eigenvalue weighted by Gasteiger charge is 2.30. The van der Waals surface area contributed by atoms with Gasteiger partial charge in [-0.1, -0.05) is 6.92 Å². The highest BCUT2D eigenvalue weighted by atomic mass is 32.1. The van der Waals surface area contributed by atoms with E-state index in [9.17, 15) is 0 Å². The molecular weight excluding hydrogens is 228 g/mol. The molecule has 3 heteroatoms. The van der Waals surface area contributed by atoms with Crippen LogP contribution in [0, 0.1) is 5.92 Å². The first-order valence-electron chi connectivity index (χ1n) is 6.61. The van der Waals surface area contributed by atoms with Gasteiger partial charge in [0.25, 0.3) is 0 Å². The Bertz CT molecular complexity index is 361. The van der Waals surface area contributed by atoms with Crippen molar-refractivity contribution in [2.45, 2.75) is 39.3 Å².